The average Bonchev–Trinajstić information content (AvgIpc) is 3.45. The number of nitrogens with zero attached hydrogens (tertiary/aromatic N) is 3. The molecule has 8 nitrogen and oxygen atoms in total. The molecule has 0 bridgehead atoms. The molecule has 0 spiro atoms. The van der Waals surface area contributed by atoms with Crippen LogP contribution in [0, 0.1) is 0 Å². The quantitative estimate of drug-likeness (QED) is 0.177. The lowest BCUT2D eigenvalue weighted by Crippen LogP contribution is -2.16. The van der Waals surface area contributed by atoms with Gasteiger partial charge in [-0.1, -0.05) is 30.8 Å². The summed E-state index contributed by atoms with van der Waals surface area (Å²) < 4.78 is 51.1. The Labute approximate surface area is 219 Å². The van der Waals surface area contributed by atoms with Gasteiger partial charge in [0.1, 0.15) is 17.4 Å². The molecular formula is C24H25F3N4O4S2. The molecule has 0 aliphatic heterocycles. The van der Waals surface area contributed by atoms with E-state index in [0.717, 1.165) is 28.8 Å². The molecule has 0 aliphatic rings. The van der Waals surface area contributed by atoms with Gasteiger partial charge >= 0.3 is 12.1 Å². The zero-order chi connectivity index (χ0) is 27.0. The molecule has 3 aromatic rings. The van der Waals surface area contributed by atoms with Crippen LogP contribution in [0.4, 0.5) is 18.2 Å². The topological polar surface area (TPSA) is 95.3 Å². The first-order valence-corrected chi connectivity index (χ1v) is 13.0. The molecule has 198 valence electrons. The Morgan fingerprint density at radius 2 is 2.03 bits per heavy atom. The van der Waals surface area contributed by atoms with E-state index in [4.69, 9.17) is 9.47 Å². The van der Waals surface area contributed by atoms with Crippen LogP contribution in [0.15, 0.2) is 48.1 Å². The second-order valence-electron chi connectivity index (χ2n) is 7.48. The molecule has 0 radical (unpaired) electrons. The Bertz CT molecular complexity index is 1260. The molecule has 0 unspecified atom stereocenters. The predicted molar refractivity (Wildman–Crippen MR) is 135 cm³/mol. The zero-order valence-corrected chi connectivity index (χ0v) is 21.8. The minimum absolute atomic E-state index is 0.0224. The van der Waals surface area contributed by atoms with Crippen LogP contribution in [0.3, 0.4) is 0 Å². The highest BCUT2D eigenvalue weighted by atomic mass is 32.2. The third-order valence-electron chi connectivity index (χ3n) is 4.85. The number of ether oxygens (including phenoxy) is 2. The molecule has 0 atom stereocenters. The van der Waals surface area contributed by atoms with Crippen LogP contribution < -0.4 is 10.1 Å². The van der Waals surface area contributed by atoms with Crippen LogP contribution >= 0.6 is 23.1 Å². The summed E-state index contributed by atoms with van der Waals surface area (Å²) in [6.45, 7) is 7.75. The van der Waals surface area contributed by atoms with E-state index >= 15 is 0 Å². The number of rotatable bonds is 12. The van der Waals surface area contributed by atoms with E-state index in [9.17, 15) is 22.8 Å². The average molecular weight is 555 g/mol. The number of amides is 1. The Kier molecular flexibility index (Phi) is 9.75. The zero-order valence-electron chi connectivity index (χ0n) is 20.1. The maximum absolute atomic E-state index is 13.0. The number of esters is 1. The summed E-state index contributed by atoms with van der Waals surface area (Å²) in [7, 11) is 0. The van der Waals surface area contributed by atoms with Crippen molar-refractivity contribution in [1.29, 1.82) is 0 Å². The molecule has 1 amide bonds. The largest absolute Gasteiger partial charge is 0.486 e. The number of hydrogen-bond donors (Lipinski definition) is 1. The molecule has 2 heterocycles. The number of aryl methyl sites for hydroxylation is 1. The summed E-state index contributed by atoms with van der Waals surface area (Å²) in [5, 5.41) is 11.7. The number of benzene rings is 1. The highest BCUT2D eigenvalue weighted by molar-refractivity contribution is 7.99. The van der Waals surface area contributed by atoms with Crippen molar-refractivity contribution in [3.05, 3.63) is 64.8 Å². The minimum Gasteiger partial charge on any atom is -0.486 e. The minimum atomic E-state index is -4.48. The van der Waals surface area contributed by atoms with E-state index in [1.807, 2.05) is 6.92 Å². The molecule has 0 saturated carbocycles. The lowest BCUT2D eigenvalue weighted by Gasteiger charge is -2.11. The van der Waals surface area contributed by atoms with Crippen molar-refractivity contribution in [2.75, 3.05) is 17.7 Å². The number of anilines is 1. The number of carbonyl (C=O) groups excluding carboxylic acids is 2. The van der Waals surface area contributed by atoms with Crippen molar-refractivity contribution in [2.24, 2.45) is 0 Å². The van der Waals surface area contributed by atoms with E-state index in [1.54, 1.807) is 23.6 Å². The third kappa shape index (κ3) is 7.59. The molecule has 0 aliphatic carbocycles. The number of halogens is 3. The molecule has 1 N–H and O–H groups in total. The summed E-state index contributed by atoms with van der Waals surface area (Å²) in [6, 6.07) is 6.26. The maximum Gasteiger partial charge on any atom is 0.416 e. The number of hydrogen-bond acceptors (Lipinski definition) is 8. The second kappa shape index (κ2) is 12.8. The van der Waals surface area contributed by atoms with Gasteiger partial charge in [-0.2, -0.15) is 13.2 Å². The summed E-state index contributed by atoms with van der Waals surface area (Å²) in [5.74, 6) is -0.481. The van der Waals surface area contributed by atoms with Gasteiger partial charge in [-0.3, -0.25) is 9.36 Å². The smallest absolute Gasteiger partial charge is 0.416 e. The van der Waals surface area contributed by atoms with E-state index in [2.05, 4.69) is 22.1 Å². The molecule has 1 aromatic carbocycles. The summed E-state index contributed by atoms with van der Waals surface area (Å²) >= 11 is 2.42. The van der Waals surface area contributed by atoms with Crippen LogP contribution in [-0.4, -0.2) is 39.0 Å². The van der Waals surface area contributed by atoms with Gasteiger partial charge < -0.3 is 14.8 Å². The van der Waals surface area contributed by atoms with Crippen molar-refractivity contribution < 1.29 is 32.2 Å². The Hall–Kier alpha value is -3.32. The lowest BCUT2D eigenvalue weighted by molar-refractivity contribution is -0.137. The van der Waals surface area contributed by atoms with Crippen molar-refractivity contribution >= 4 is 40.0 Å². The number of thioether (sulfide) groups is 1. The SMILES string of the molecule is C=CCn1c(COc2cccc(C(F)(F)F)c2)nnc1SCC(=O)Nc1sc(CC)cc1C(=O)OCC. The number of allylic oxidation sites excluding steroid dienone is 1. The molecule has 3 rings (SSSR count). The second-order valence-corrected chi connectivity index (χ2v) is 9.56. The highest BCUT2D eigenvalue weighted by Gasteiger charge is 2.30. The van der Waals surface area contributed by atoms with Crippen LogP contribution in [0.5, 0.6) is 5.75 Å². The Morgan fingerprint density at radius 3 is 2.70 bits per heavy atom. The van der Waals surface area contributed by atoms with E-state index in [-0.39, 0.29) is 30.6 Å². The molecule has 37 heavy (non-hydrogen) atoms. The van der Waals surface area contributed by atoms with Crippen LogP contribution in [0.2, 0.25) is 0 Å². The summed E-state index contributed by atoms with van der Waals surface area (Å²) in [4.78, 5) is 25.8. The third-order valence-corrected chi connectivity index (χ3v) is 7.01. The number of thiophene rings is 1. The first-order chi connectivity index (χ1) is 17.7. The van der Waals surface area contributed by atoms with Gasteiger partial charge in [0.2, 0.25) is 5.91 Å². The van der Waals surface area contributed by atoms with Gasteiger partial charge in [-0.25, -0.2) is 4.79 Å². The van der Waals surface area contributed by atoms with Crippen molar-refractivity contribution in [3.63, 3.8) is 0 Å². The van der Waals surface area contributed by atoms with Crippen LogP contribution in [0.1, 0.15) is 40.5 Å². The van der Waals surface area contributed by atoms with Gasteiger partial charge in [0.05, 0.1) is 23.5 Å². The predicted octanol–water partition coefficient (Wildman–Crippen LogP) is 5.59. The molecular weight excluding hydrogens is 529 g/mol. The fourth-order valence-electron chi connectivity index (χ4n) is 3.12. The van der Waals surface area contributed by atoms with Crippen molar-refractivity contribution in [2.45, 2.75) is 44.8 Å². The summed E-state index contributed by atoms with van der Waals surface area (Å²) in [5.41, 5.74) is -0.506. The Morgan fingerprint density at radius 1 is 1.24 bits per heavy atom. The first kappa shape index (κ1) is 28.3. The monoisotopic (exact) mass is 554 g/mol. The van der Waals surface area contributed by atoms with E-state index in [1.165, 1.54) is 23.5 Å². The van der Waals surface area contributed by atoms with Gasteiger partial charge in [0.15, 0.2) is 11.0 Å². The first-order valence-electron chi connectivity index (χ1n) is 11.2. The van der Waals surface area contributed by atoms with Crippen molar-refractivity contribution in [3.8, 4) is 5.75 Å². The van der Waals surface area contributed by atoms with Gasteiger partial charge in [0.25, 0.3) is 0 Å². The van der Waals surface area contributed by atoms with Gasteiger partial charge in [-0.05, 0) is 37.6 Å². The fourth-order valence-corrected chi connectivity index (χ4v) is 4.88. The Balaban J connectivity index is 1.66. The standard InChI is InChI=1S/C24H25F3N4O4S2/c1-4-10-31-19(13-35-16-9-7-8-15(11-16)24(25,26)27)29-30-23(31)36-14-20(32)28-21-18(22(33)34-6-3)12-17(5-2)37-21/h4,7-9,11-12H,1,5-6,10,13-14H2,2-3H3,(H,28,32). The molecule has 13 heteroatoms. The number of aromatic nitrogens is 3. The van der Waals surface area contributed by atoms with Crippen LogP contribution in [0.25, 0.3) is 0 Å². The van der Waals surface area contributed by atoms with Crippen molar-refractivity contribution in [1.82, 2.24) is 14.8 Å². The molecule has 0 saturated heterocycles. The number of carbonyl (C=O) groups is 2. The van der Waals surface area contributed by atoms with Crippen LogP contribution in [-0.2, 0) is 35.3 Å². The fraction of sp³-hybridized carbons (Fsp3) is 0.333. The highest BCUT2D eigenvalue weighted by Crippen LogP contribution is 2.32. The lowest BCUT2D eigenvalue weighted by atomic mass is 10.2. The summed E-state index contributed by atoms with van der Waals surface area (Å²) in [6.07, 6.45) is -2.17. The number of nitrogens with one attached hydrogen (secondary N) is 1. The molecule has 0 fully saturated rings. The molecule has 2 aromatic heterocycles. The van der Waals surface area contributed by atoms with E-state index < -0.39 is 17.7 Å². The van der Waals surface area contributed by atoms with E-state index in [0.29, 0.717) is 34.5 Å². The number of alkyl halides is 3. The van der Waals surface area contributed by atoms with Gasteiger partial charge in [0, 0.05) is 11.4 Å². The van der Waals surface area contributed by atoms with Gasteiger partial charge in [-0.15, -0.1) is 28.1 Å². The normalized spacial score (nSPS) is 11.3. The maximum atomic E-state index is 13.0.